The lowest BCUT2D eigenvalue weighted by Crippen LogP contribution is -2.56. The van der Waals surface area contributed by atoms with Crippen molar-refractivity contribution in [3.8, 4) is 0 Å². The zero-order valence-electron chi connectivity index (χ0n) is 23.0. The van der Waals surface area contributed by atoms with Gasteiger partial charge in [-0.3, -0.25) is 14.4 Å². The second-order valence-corrected chi connectivity index (χ2v) is 12.6. The van der Waals surface area contributed by atoms with Crippen molar-refractivity contribution >= 4 is 17.5 Å². The number of halogens is 1. The minimum Gasteiger partial charge on any atom is -0.341 e. The van der Waals surface area contributed by atoms with Crippen LogP contribution in [0.1, 0.15) is 76.2 Å². The number of rotatable bonds is 8. The highest BCUT2D eigenvalue weighted by Crippen LogP contribution is 2.47. The number of hydrogen-bond donors (Lipinski definition) is 1. The fourth-order valence-electron chi connectivity index (χ4n) is 7.44. The molecule has 1 amide bonds. The van der Waals surface area contributed by atoms with Gasteiger partial charge >= 0.3 is 0 Å². The molecule has 208 valence electrons. The van der Waals surface area contributed by atoms with Gasteiger partial charge in [0.2, 0.25) is 5.91 Å². The highest BCUT2D eigenvalue weighted by Gasteiger charge is 2.44. The van der Waals surface area contributed by atoms with Crippen LogP contribution < -0.4 is 5.73 Å². The van der Waals surface area contributed by atoms with Crippen molar-refractivity contribution < 1.29 is 4.79 Å². The standard InChI is InChI=1S/C30H45ClN6O/c1-35(27-13-11-26(32)12-14-27)28(19-23-7-9-25(31)10-8-23)29(38)36-17-15-30(16-18-36,20-37-22-33-21-34-37)24-5-3-2-4-6-24/h7-10,21-22,24,26-28H,2-6,11-20,32H2,1H3/t26-,27+,28-/m1/s1. The molecular formula is C30H45ClN6O. The summed E-state index contributed by atoms with van der Waals surface area (Å²) >= 11 is 6.16. The van der Waals surface area contributed by atoms with Gasteiger partial charge in [0.15, 0.2) is 0 Å². The average Bonchev–Trinajstić information content (AvgIpc) is 3.46. The van der Waals surface area contributed by atoms with Gasteiger partial charge in [-0.1, -0.05) is 43.0 Å². The maximum absolute atomic E-state index is 14.2. The van der Waals surface area contributed by atoms with Gasteiger partial charge in [-0.15, -0.1) is 0 Å². The highest BCUT2D eigenvalue weighted by atomic mass is 35.5. The van der Waals surface area contributed by atoms with Crippen LogP contribution in [0.2, 0.25) is 5.02 Å². The van der Waals surface area contributed by atoms with Crippen LogP contribution in [-0.2, 0) is 17.8 Å². The van der Waals surface area contributed by atoms with E-state index in [0.717, 1.165) is 68.7 Å². The number of hydrogen-bond acceptors (Lipinski definition) is 5. The molecule has 2 N–H and O–H groups in total. The van der Waals surface area contributed by atoms with Crippen molar-refractivity contribution in [1.29, 1.82) is 0 Å². The van der Waals surface area contributed by atoms with E-state index in [-0.39, 0.29) is 17.4 Å². The van der Waals surface area contributed by atoms with Gasteiger partial charge in [-0.2, -0.15) is 5.10 Å². The van der Waals surface area contributed by atoms with Crippen LogP contribution in [-0.4, -0.2) is 68.7 Å². The molecule has 2 aliphatic carbocycles. The molecule has 5 rings (SSSR count). The summed E-state index contributed by atoms with van der Waals surface area (Å²) in [7, 11) is 2.15. The number of carbonyl (C=O) groups is 1. The van der Waals surface area contributed by atoms with E-state index in [4.69, 9.17) is 17.3 Å². The van der Waals surface area contributed by atoms with Crippen molar-refractivity contribution in [2.45, 2.75) is 102 Å². The quantitative estimate of drug-likeness (QED) is 0.513. The molecule has 1 aromatic heterocycles. The largest absolute Gasteiger partial charge is 0.341 e. The number of carbonyl (C=O) groups excluding carboxylic acids is 1. The Kier molecular flexibility index (Phi) is 9.06. The Labute approximate surface area is 233 Å². The predicted octanol–water partition coefficient (Wildman–Crippen LogP) is 4.93. The number of benzene rings is 1. The summed E-state index contributed by atoms with van der Waals surface area (Å²) in [5, 5.41) is 5.20. The second kappa shape index (κ2) is 12.5. The molecule has 7 nitrogen and oxygen atoms in total. The Morgan fingerprint density at radius 2 is 1.76 bits per heavy atom. The first-order chi connectivity index (χ1) is 18.4. The smallest absolute Gasteiger partial charge is 0.240 e. The molecule has 1 aliphatic heterocycles. The zero-order chi connectivity index (χ0) is 26.5. The average molecular weight is 541 g/mol. The van der Waals surface area contributed by atoms with Gasteiger partial charge in [0.25, 0.3) is 0 Å². The molecule has 1 atom stereocenters. The molecule has 2 aromatic rings. The van der Waals surface area contributed by atoms with Gasteiger partial charge in [0, 0.05) is 36.7 Å². The Morgan fingerprint density at radius 3 is 2.39 bits per heavy atom. The lowest BCUT2D eigenvalue weighted by molar-refractivity contribution is -0.141. The molecule has 2 saturated carbocycles. The molecule has 1 aromatic carbocycles. The normalized spacial score (nSPS) is 25.4. The van der Waals surface area contributed by atoms with E-state index < -0.39 is 0 Å². The lowest BCUT2D eigenvalue weighted by Gasteiger charge is -2.49. The molecule has 8 heteroatoms. The van der Waals surface area contributed by atoms with Crippen LogP contribution in [0.3, 0.4) is 0 Å². The Bertz CT molecular complexity index is 1010. The van der Waals surface area contributed by atoms with E-state index in [1.54, 1.807) is 6.33 Å². The Hall–Kier alpha value is -1.96. The third kappa shape index (κ3) is 6.43. The van der Waals surface area contributed by atoms with Crippen LogP contribution in [0, 0.1) is 11.3 Å². The first-order valence-electron chi connectivity index (χ1n) is 14.8. The molecular weight excluding hydrogens is 496 g/mol. The van der Waals surface area contributed by atoms with Crippen molar-refractivity contribution in [3.63, 3.8) is 0 Å². The minimum absolute atomic E-state index is 0.173. The van der Waals surface area contributed by atoms with Crippen LogP contribution in [0.15, 0.2) is 36.9 Å². The molecule has 38 heavy (non-hydrogen) atoms. The van der Waals surface area contributed by atoms with E-state index in [1.807, 2.05) is 23.1 Å². The summed E-state index contributed by atoms with van der Waals surface area (Å²) in [6, 6.07) is 8.52. The third-order valence-corrected chi connectivity index (χ3v) is 10.2. The van der Waals surface area contributed by atoms with E-state index in [2.05, 4.69) is 39.1 Å². The van der Waals surface area contributed by atoms with Crippen molar-refractivity contribution in [1.82, 2.24) is 24.6 Å². The van der Waals surface area contributed by atoms with Gasteiger partial charge in [-0.05, 0) is 93.9 Å². The van der Waals surface area contributed by atoms with Gasteiger partial charge < -0.3 is 10.6 Å². The lowest BCUT2D eigenvalue weighted by atomic mass is 9.63. The molecule has 0 unspecified atom stereocenters. The summed E-state index contributed by atoms with van der Waals surface area (Å²) in [6.45, 7) is 2.56. The summed E-state index contributed by atoms with van der Waals surface area (Å²) in [5.74, 6) is 0.979. The maximum Gasteiger partial charge on any atom is 0.240 e. The molecule has 2 heterocycles. The molecule has 0 radical (unpaired) electrons. The maximum atomic E-state index is 14.2. The number of amides is 1. The van der Waals surface area contributed by atoms with Crippen LogP contribution in [0.5, 0.6) is 0 Å². The summed E-state index contributed by atoms with van der Waals surface area (Å²) in [6.07, 6.45) is 17.1. The van der Waals surface area contributed by atoms with Crippen LogP contribution in [0.4, 0.5) is 0 Å². The Morgan fingerprint density at radius 1 is 1.08 bits per heavy atom. The SMILES string of the molecule is CN([C@H]1CC[C@@H](N)CC1)[C@H](Cc1ccc(Cl)cc1)C(=O)N1CCC(Cn2cncn2)(C2CCCCC2)CC1. The molecule has 3 fully saturated rings. The van der Waals surface area contributed by atoms with Gasteiger partial charge in [0.05, 0.1) is 6.04 Å². The molecule has 0 bridgehead atoms. The van der Waals surface area contributed by atoms with Crippen LogP contribution >= 0.6 is 11.6 Å². The summed E-state index contributed by atoms with van der Waals surface area (Å²) in [4.78, 5) is 23.0. The fourth-order valence-corrected chi connectivity index (χ4v) is 7.57. The van der Waals surface area contributed by atoms with Crippen molar-refractivity contribution in [2.75, 3.05) is 20.1 Å². The van der Waals surface area contributed by atoms with E-state index >= 15 is 0 Å². The topological polar surface area (TPSA) is 80.3 Å². The van der Waals surface area contributed by atoms with E-state index in [1.165, 1.54) is 32.1 Å². The monoisotopic (exact) mass is 540 g/mol. The van der Waals surface area contributed by atoms with E-state index in [0.29, 0.717) is 24.4 Å². The molecule has 3 aliphatic rings. The van der Waals surface area contributed by atoms with Gasteiger partial charge in [-0.25, -0.2) is 4.98 Å². The second-order valence-electron chi connectivity index (χ2n) is 12.2. The van der Waals surface area contributed by atoms with Gasteiger partial charge in [0.1, 0.15) is 12.7 Å². The first kappa shape index (κ1) is 27.6. The predicted molar refractivity (Wildman–Crippen MR) is 152 cm³/mol. The molecule has 1 saturated heterocycles. The number of piperidine rings is 1. The summed E-state index contributed by atoms with van der Waals surface area (Å²) in [5.41, 5.74) is 7.56. The highest BCUT2D eigenvalue weighted by molar-refractivity contribution is 6.30. The number of nitrogens with zero attached hydrogens (tertiary/aromatic N) is 5. The number of aromatic nitrogens is 3. The number of likely N-dealkylation sites (tertiary alicyclic amines) is 1. The zero-order valence-corrected chi connectivity index (χ0v) is 23.7. The fraction of sp³-hybridized carbons (Fsp3) is 0.700. The summed E-state index contributed by atoms with van der Waals surface area (Å²) < 4.78 is 2.02. The number of nitrogens with two attached hydrogens (primary N) is 1. The van der Waals surface area contributed by atoms with E-state index in [9.17, 15) is 4.79 Å². The third-order valence-electron chi connectivity index (χ3n) is 9.92. The first-order valence-corrected chi connectivity index (χ1v) is 15.1. The number of likely N-dealkylation sites (N-methyl/N-ethyl adjacent to an activating group) is 1. The Balaban J connectivity index is 1.31. The van der Waals surface area contributed by atoms with Crippen molar-refractivity contribution in [3.05, 3.63) is 47.5 Å². The van der Waals surface area contributed by atoms with Crippen LogP contribution in [0.25, 0.3) is 0 Å². The molecule has 0 spiro atoms. The minimum atomic E-state index is -0.173. The van der Waals surface area contributed by atoms with Crippen molar-refractivity contribution in [2.24, 2.45) is 17.1 Å².